The van der Waals surface area contributed by atoms with E-state index in [1.165, 1.54) is 44.5 Å². The van der Waals surface area contributed by atoms with Gasteiger partial charge in [0.25, 0.3) is 0 Å². The molecule has 0 heterocycles. The lowest BCUT2D eigenvalue weighted by Crippen LogP contribution is -2.08. The fourth-order valence-electron chi connectivity index (χ4n) is 6.92. The average Bonchev–Trinajstić information content (AvgIpc) is 3.27. The van der Waals surface area contributed by atoms with Crippen LogP contribution in [0.3, 0.4) is 0 Å². The SMILES string of the molecule is C#C.C/C=C\C(=C1\C=CC=CC1)c1cccc(/C(=C/C(N)c2cccc(-c3ccccc3)c2)c2cccc(-c3cccc(C4=CC=CCC4)c3)c2)c1.CC. The van der Waals surface area contributed by atoms with E-state index in [0.29, 0.717) is 0 Å². The topological polar surface area (TPSA) is 26.0 Å². The first-order chi connectivity index (χ1) is 26.7. The maximum absolute atomic E-state index is 7.11. The Morgan fingerprint density at radius 3 is 1.96 bits per heavy atom. The van der Waals surface area contributed by atoms with Crippen LogP contribution in [0.2, 0.25) is 0 Å². The second-order valence-corrected chi connectivity index (χ2v) is 12.9. The Morgan fingerprint density at radius 1 is 0.630 bits per heavy atom. The number of nitrogens with two attached hydrogens (primary N) is 1. The summed E-state index contributed by atoms with van der Waals surface area (Å²) in [5, 5.41) is 0. The molecule has 0 saturated carbocycles. The molecule has 0 spiro atoms. The van der Waals surface area contributed by atoms with Crippen LogP contribution in [0.4, 0.5) is 0 Å². The van der Waals surface area contributed by atoms with E-state index in [2.05, 4.69) is 208 Å². The van der Waals surface area contributed by atoms with Crippen LogP contribution in [-0.4, -0.2) is 0 Å². The molecule has 0 bridgehead atoms. The Kier molecular flexibility index (Phi) is 14.6. The summed E-state index contributed by atoms with van der Waals surface area (Å²) >= 11 is 0. The minimum Gasteiger partial charge on any atom is -0.321 e. The molecule has 5 aromatic carbocycles. The number of rotatable bonds is 9. The van der Waals surface area contributed by atoms with Gasteiger partial charge in [0.15, 0.2) is 0 Å². The average molecular weight is 702 g/mol. The highest BCUT2D eigenvalue weighted by atomic mass is 14.6. The summed E-state index contributed by atoms with van der Waals surface area (Å²) in [6.45, 7) is 6.09. The fraction of sp³-hybridized carbons (Fsp3) is 0.132. The molecule has 2 N–H and O–H groups in total. The smallest absolute Gasteiger partial charge is 0.0490 e. The summed E-state index contributed by atoms with van der Waals surface area (Å²) in [5.41, 5.74) is 22.8. The highest BCUT2D eigenvalue weighted by Crippen LogP contribution is 2.35. The first-order valence-corrected chi connectivity index (χ1v) is 19.0. The van der Waals surface area contributed by atoms with Crippen molar-refractivity contribution < 1.29 is 0 Å². The summed E-state index contributed by atoms with van der Waals surface area (Å²) in [6, 6.07) is 45.6. The van der Waals surface area contributed by atoms with E-state index < -0.39 is 0 Å². The van der Waals surface area contributed by atoms with Crippen LogP contribution < -0.4 is 5.73 Å². The zero-order valence-electron chi connectivity index (χ0n) is 31.8. The number of terminal acetylenes is 1. The second kappa shape index (κ2) is 20.1. The minimum atomic E-state index is -0.310. The number of benzene rings is 5. The van der Waals surface area contributed by atoms with Gasteiger partial charge in [-0.3, -0.25) is 0 Å². The first kappa shape index (κ1) is 39.0. The Balaban J connectivity index is 0.00000136. The van der Waals surface area contributed by atoms with Gasteiger partial charge in [-0.2, -0.15) is 0 Å². The van der Waals surface area contributed by atoms with Crippen molar-refractivity contribution >= 4 is 16.7 Å². The molecule has 0 aliphatic heterocycles. The first-order valence-electron chi connectivity index (χ1n) is 19.0. The molecule has 268 valence electrons. The highest BCUT2D eigenvalue weighted by molar-refractivity contribution is 5.87. The normalized spacial score (nSPS) is 15.0. The van der Waals surface area contributed by atoms with Gasteiger partial charge in [-0.25, -0.2) is 0 Å². The Hall–Kier alpha value is -6.20. The predicted octanol–water partition coefficient (Wildman–Crippen LogP) is 14.0. The lowest BCUT2D eigenvalue weighted by atomic mass is 9.88. The van der Waals surface area contributed by atoms with Gasteiger partial charge in [0.05, 0.1) is 0 Å². The van der Waals surface area contributed by atoms with Crippen molar-refractivity contribution in [3.05, 3.63) is 222 Å². The molecule has 0 fully saturated rings. The van der Waals surface area contributed by atoms with E-state index in [1.807, 2.05) is 13.8 Å². The van der Waals surface area contributed by atoms with Crippen LogP contribution >= 0.6 is 0 Å². The third-order valence-electron chi connectivity index (χ3n) is 9.53. The third-order valence-corrected chi connectivity index (χ3v) is 9.53. The molecule has 1 nitrogen and oxygen atoms in total. The van der Waals surface area contributed by atoms with E-state index in [9.17, 15) is 0 Å². The quantitative estimate of drug-likeness (QED) is 0.152. The van der Waals surface area contributed by atoms with Gasteiger partial charge in [-0.1, -0.05) is 178 Å². The fourth-order valence-corrected chi connectivity index (χ4v) is 6.92. The summed E-state index contributed by atoms with van der Waals surface area (Å²) in [4.78, 5) is 0. The predicted molar refractivity (Wildman–Crippen MR) is 236 cm³/mol. The summed E-state index contributed by atoms with van der Waals surface area (Å²) < 4.78 is 0. The lowest BCUT2D eigenvalue weighted by molar-refractivity contribution is 0.913. The molecule has 7 rings (SSSR count). The van der Waals surface area contributed by atoms with Gasteiger partial charge in [-0.05, 0) is 123 Å². The Bertz CT molecular complexity index is 2250. The van der Waals surface area contributed by atoms with Crippen molar-refractivity contribution in [2.45, 2.75) is 46.1 Å². The molecule has 1 heteroatoms. The van der Waals surface area contributed by atoms with E-state index in [1.54, 1.807) is 0 Å². The summed E-state index contributed by atoms with van der Waals surface area (Å²) in [5.74, 6) is 0. The molecule has 2 aliphatic rings. The molecular formula is C53H51N. The van der Waals surface area contributed by atoms with E-state index in [-0.39, 0.29) is 6.04 Å². The zero-order chi connectivity index (χ0) is 38.1. The maximum Gasteiger partial charge on any atom is 0.0490 e. The third kappa shape index (κ3) is 9.81. The molecule has 5 aromatic rings. The highest BCUT2D eigenvalue weighted by Gasteiger charge is 2.15. The van der Waals surface area contributed by atoms with Crippen LogP contribution in [-0.2, 0) is 0 Å². The maximum atomic E-state index is 7.11. The lowest BCUT2D eigenvalue weighted by Gasteiger charge is -2.17. The molecule has 0 radical (unpaired) electrons. The van der Waals surface area contributed by atoms with E-state index in [4.69, 9.17) is 5.73 Å². The largest absolute Gasteiger partial charge is 0.321 e. The van der Waals surface area contributed by atoms with Crippen LogP contribution in [0.15, 0.2) is 194 Å². The molecule has 54 heavy (non-hydrogen) atoms. The Labute approximate surface area is 324 Å². The zero-order valence-corrected chi connectivity index (χ0v) is 31.8. The molecule has 0 amide bonds. The van der Waals surface area contributed by atoms with E-state index in [0.717, 1.165) is 47.1 Å². The molecule has 0 saturated heterocycles. The van der Waals surface area contributed by atoms with Crippen molar-refractivity contribution in [2.24, 2.45) is 5.73 Å². The van der Waals surface area contributed by atoms with Crippen molar-refractivity contribution in [1.82, 2.24) is 0 Å². The molecule has 1 unspecified atom stereocenters. The molecule has 1 atom stereocenters. The Morgan fingerprint density at radius 2 is 1.26 bits per heavy atom. The monoisotopic (exact) mass is 701 g/mol. The summed E-state index contributed by atoms with van der Waals surface area (Å²) in [7, 11) is 0. The number of hydrogen-bond acceptors (Lipinski definition) is 1. The van der Waals surface area contributed by atoms with Crippen molar-refractivity contribution in [3.8, 4) is 35.1 Å². The molecule has 2 aliphatic carbocycles. The van der Waals surface area contributed by atoms with Crippen molar-refractivity contribution in [2.75, 3.05) is 0 Å². The van der Waals surface area contributed by atoms with Crippen LogP contribution in [0, 0.1) is 12.8 Å². The standard InChI is InChI=1S/C49H43N.C2H6.C2H2/c1-2-16-47(38-21-10-5-11-22-38)43-27-15-29-45(34-43)48(35-49(50)46-30-14-24-40(33-46)37-19-8-4-9-20-37)44-28-13-26-42(32-44)41-25-12-23-39(31-41)36-17-6-3-7-18-36;2*1-2/h2-6,8-17,19-21,23-35,49H,7,18,22,50H2,1H3;1-2H3;1-2H/b16-2-,47-38+,48-35+;;. The number of allylic oxidation sites excluding steroid dienone is 12. The van der Waals surface area contributed by atoms with Gasteiger partial charge < -0.3 is 5.73 Å². The van der Waals surface area contributed by atoms with Gasteiger partial charge in [0.2, 0.25) is 0 Å². The van der Waals surface area contributed by atoms with Crippen LogP contribution in [0.25, 0.3) is 39.0 Å². The second-order valence-electron chi connectivity index (χ2n) is 12.9. The molecular weight excluding hydrogens is 651 g/mol. The van der Waals surface area contributed by atoms with Crippen molar-refractivity contribution in [3.63, 3.8) is 0 Å². The van der Waals surface area contributed by atoms with Crippen LogP contribution in [0.1, 0.15) is 73.9 Å². The van der Waals surface area contributed by atoms with Gasteiger partial charge in [0.1, 0.15) is 0 Å². The minimum absolute atomic E-state index is 0.310. The molecule has 0 aromatic heterocycles. The van der Waals surface area contributed by atoms with E-state index >= 15 is 0 Å². The summed E-state index contributed by atoms with van der Waals surface area (Å²) in [6.07, 6.45) is 33.0. The van der Waals surface area contributed by atoms with Gasteiger partial charge in [-0.15, -0.1) is 12.8 Å². The van der Waals surface area contributed by atoms with Crippen LogP contribution in [0.5, 0.6) is 0 Å². The van der Waals surface area contributed by atoms with Gasteiger partial charge >= 0.3 is 0 Å². The number of hydrogen-bond donors (Lipinski definition) is 1. The van der Waals surface area contributed by atoms with Crippen molar-refractivity contribution in [1.29, 1.82) is 0 Å². The van der Waals surface area contributed by atoms with Gasteiger partial charge in [0, 0.05) is 6.04 Å².